The van der Waals surface area contributed by atoms with Gasteiger partial charge in [0, 0.05) is 5.70 Å². The standard InChI is InChI=1S/C8H14N2O2/c1-4-12-8(11)7(10)5(2)6(3)9/h10H,4,9H2,1-3H3/b6-5-,10-7?. The minimum absolute atomic E-state index is 0.170. The fourth-order valence-electron chi connectivity index (χ4n) is 0.554. The van der Waals surface area contributed by atoms with Crippen LogP contribution in [0.4, 0.5) is 0 Å². The highest BCUT2D eigenvalue weighted by molar-refractivity contribution is 6.41. The first-order valence-corrected chi connectivity index (χ1v) is 3.69. The molecule has 4 heteroatoms. The largest absolute Gasteiger partial charge is 0.461 e. The quantitative estimate of drug-likeness (QED) is 0.486. The lowest BCUT2D eigenvalue weighted by atomic mass is 10.1. The Morgan fingerprint density at radius 3 is 2.33 bits per heavy atom. The second kappa shape index (κ2) is 4.54. The maximum absolute atomic E-state index is 11.0. The number of esters is 1. The molecule has 0 rings (SSSR count). The Hall–Kier alpha value is -1.32. The third-order valence-electron chi connectivity index (χ3n) is 1.45. The maximum atomic E-state index is 11.0. The smallest absolute Gasteiger partial charge is 0.356 e. The van der Waals surface area contributed by atoms with E-state index in [1.165, 1.54) is 0 Å². The Kier molecular flexibility index (Phi) is 4.04. The van der Waals surface area contributed by atoms with Crippen LogP contribution < -0.4 is 5.73 Å². The number of allylic oxidation sites excluding steroid dienone is 1. The van der Waals surface area contributed by atoms with E-state index in [1.807, 2.05) is 0 Å². The Morgan fingerprint density at radius 2 is 2.00 bits per heavy atom. The lowest BCUT2D eigenvalue weighted by Gasteiger charge is -2.04. The molecule has 0 radical (unpaired) electrons. The molecule has 12 heavy (non-hydrogen) atoms. The van der Waals surface area contributed by atoms with E-state index in [2.05, 4.69) is 4.74 Å². The minimum Gasteiger partial charge on any atom is -0.461 e. The highest BCUT2D eigenvalue weighted by atomic mass is 16.5. The molecule has 0 aliphatic heterocycles. The minimum atomic E-state index is -0.625. The summed E-state index contributed by atoms with van der Waals surface area (Å²) in [6.45, 7) is 5.23. The number of ether oxygens (including phenoxy) is 1. The van der Waals surface area contributed by atoms with E-state index in [0.29, 0.717) is 11.3 Å². The maximum Gasteiger partial charge on any atom is 0.356 e. The zero-order valence-corrected chi connectivity index (χ0v) is 7.60. The molecule has 0 bridgehead atoms. The first kappa shape index (κ1) is 10.7. The molecule has 0 saturated heterocycles. The van der Waals surface area contributed by atoms with Gasteiger partial charge in [0.05, 0.1) is 6.61 Å². The predicted molar refractivity (Wildman–Crippen MR) is 46.9 cm³/mol. The van der Waals surface area contributed by atoms with E-state index in [0.717, 1.165) is 0 Å². The van der Waals surface area contributed by atoms with Gasteiger partial charge in [-0.15, -0.1) is 0 Å². The van der Waals surface area contributed by atoms with Gasteiger partial charge in [-0.05, 0) is 26.3 Å². The normalized spacial score (nSPS) is 11.9. The number of rotatable bonds is 3. The van der Waals surface area contributed by atoms with Crippen molar-refractivity contribution >= 4 is 11.7 Å². The van der Waals surface area contributed by atoms with Gasteiger partial charge in [0.1, 0.15) is 5.71 Å². The summed E-state index contributed by atoms with van der Waals surface area (Å²) < 4.78 is 4.62. The van der Waals surface area contributed by atoms with Crippen molar-refractivity contribution in [1.82, 2.24) is 0 Å². The van der Waals surface area contributed by atoms with E-state index >= 15 is 0 Å². The van der Waals surface area contributed by atoms with E-state index in [4.69, 9.17) is 11.1 Å². The average Bonchev–Trinajstić information content (AvgIpc) is 2.02. The van der Waals surface area contributed by atoms with Crippen LogP contribution in [0, 0.1) is 5.41 Å². The number of nitrogens with one attached hydrogen (secondary N) is 1. The summed E-state index contributed by atoms with van der Waals surface area (Å²) in [7, 11) is 0. The van der Waals surface area contributed by atoms with E-state index in [1.54, 1.807) is 20.8 Å². The molecule has 68 valence electrons. The van der Waals surface area contributed by atoms with Crippen LogP contribution in [0.5, 0.6) is 0 Å². The van der Waals surface area contributed by atoms with Crippen molar-refractivity contribution in [3.05, 3.63) is 11.3 Å². The van der Waals surface area contributed by atoms with Gasteiger partial charge in [-0.25, -0.2) is 4.79 Å². The van der Waals surface area contributed by atoms with Crippen molar-refractivity contribution in [3.63, 3.8) is 0 Å². The van der Waals surface area contributed by atoms with Crippen molar-refractivity contribution in [2.45, 2.75) is 20.8 Å². The van der Waals surface area contributed by atoms with Gasteiger partial charge in [0.25, 0.3) is 0 Å². The molecular formula is C8H14N2O2. The molecule has 0 spiro atoms. The van der Waals surface area contributed by atoms with Crippen LogP contribution in [0.1, 0.15) is 20.8 Å². The molecule has 0 saturated carbocycles. The van der Waals surface area contributed by atoms with Gasteiger partial charge >= 0.3 is 5.97 Å². The van der Waals surface area contributed by atoms with Gasteiger partial charge in [0.2, 0.25) is 0 Å². The van der Waals surface area contributed by atoms with Gasteiger partial charge in [0.15, 0.2) is 0 Å². The highest BCUT2D eigenvalue weighted by Gasteiger charge is 2.12. The molecule has 0 fully saturated rings. The Morgan fingerprint density at radius 1 is 1.50 bits per heavy atom. The van der Waals surface area contributed by atoms with Crippen molar-refractivity contribution in [2.75, 3.05) is 6.61 Å². The van der Waals surface area contributed by atoms with Crippen LogP contribution in [0.15, 0.2) is 11.3 Å². The van der Waals surface area contributed by atoms with Gasteiger partial charge in [-0.2, -0.15) is 0 Å². The molecule has 0 aliphatic rings. The summed E-state index contributed by atoms with van der Waals surface area (Å²) in [5.74, 6) is -0.625. The summed E-state index contributed by atoms with van der Waals surface area (Å²) in [6.07, 6.45) is 0. The number of carbonyl (C=O) groups excluding carboxylic acids is 1. The second-order valence-electron chi connectivity index (χ2n) is 2.40. The second-order valence-corrected chi connectivity index (χ2v) is 2.40. The monoisotopic (exact) mass is 170 g/mol. The van der Waals surface area contributed by atoms with E-state index < -0.39 is 5.97 Å². The zero-order chi connectivity index (χ0) is 9.72. The lowest BCUT2D eigenvalue weighted by molar-refractivity contribution is -0.135. The molecule has 0 unspecified atom stereocenters. The summed E-state index contributed by atoms with van der Waals surface area (Å²) in [5.41, 5.74) is 6.16. The molecule has 0 aliphatic carbocycles. The van der Waals surface area contributed by atoms with Crippen LogP contribution in [0.2, 0.25) is 0 Å². The summed E-state index contributed by atoms with van der Waals surface area (Å²) in [4.78, 5) is 11.0. The Bertz CT molecular complexity index is 227. The summed E-state index contributed by atoms with van der Waals surface area (Å²) in [6, 6.07) is 0. The van der Waals surface area contributed by atoms with Crippen molar-refractivity contribution in [1.29, 1.82) is 5.41 Å². The topological polar surface area (TPSA) is 76.2 Å². The fraction of sp³-hybridized carbons (Fsp3) is 0.500. The van der Waals surface area contributed by atoms with Gasteiger partial charge in [-0.1, -0.05) is 0 Å². The Labute approximate surface area is 71.9 Å². The number of nitrogens with two attached hydrogens (primary N) is 1. The molecule has 0 amide bonds. The lowest BCUT2D eigenvalue weighted by Crippen LogP contribution is -2.19. The van der Waals surface area contributed by atoms with Crippen molar-refractivity contribution < 1.29 is 9.53 Å². The SMILES string of the molecule is CCOC(=O)C(=N)/C(C)=C(/C)N. The number of carbonyl (C=O) groups is 1. The van der Waals surface area contributed by atoms with Gasteiger partial charge < -0.3 is 10.5 Å². The first-order chi connectivity index (χ1) is 5.50. The summed E-state index contributed by atoms with van der Waals surface area (Å²) in [5, 5.41) is 7.32. The molecule has 0 aromatic heterocycles. The third-order valence-corrected chi connectivity index (χ3v) is 1.45. The molecule has 4 nitrogen and oxygen atoms in total. The molecule has 0 atom stereocenters. The van der Waals surface area contributed by atoms with Crippen molar-refractivity contribution in [3.8, 4) is 0 Å². The van der Waals surface area contributed by atoms with Crippen LogP contribution >= 0.6 is 0 Å². The first-order valence-electron chi connectivity index (χ1n) is 3.69. The van der Waals surface area contributed by atoms with Crippen LogP contribution in [0.25, 0.3) is 0 Å². The van der Waals surface area contributed by atoms with Crippen LogP contribution in [-0.4, -0.2) is 18.3 Å². The Balaban J connectivity index is 4.41. The van der Waals surface area contributed by atoms with E-state index in [-0.39, 0.29) is 12.3 Å². The zero-order valence-electron chi connectivity index (χ0n) is 7.60. The molecular weight excluding hydrogens is 156 g/mol. The fourth-order valence-corrected chi connectivity index (χ4v) is 0.554. The molecule has 0 aromatic rings. The summed E-state index contributed by atoms with van der Waals surface area (Å²) >= 11 is 0. The third kappa shape index (κ3) is 2.74. The molecule has 0 aromatic carbocycles. The molecule has 0 heterocycles. The average molecular weight is 170 g/mol. The van der Waals surface area contributed by atoms with Gasteiger partial charge in [-0.3, -0.25) is 5.41 Å². The number of hydrogen-bond acceptors (Lipinski definition) is 4. The van der Waals surface area contributed by atoms with Crippen LogP contribution in [-0.2, 0) is 9.53 Å². The predicted octanol–water partition coefficient (Wildman–Crippen LogP) is 0.822. The number of hydrogen-bond donors (Lipinski definition) is 2. The van der Waals surface area contributed by atoms with E-state index in [9.17, 15) is 4.79 Å². The van der Waals surface area contributed by atoms with Crippen LogP contribution in [0.3, 0.4) is 0 Å². The molecule has 3 N–H and O–H groups in total. The van der Waals surface area contributed by atoms with Crippen molar-refractivity contribution in [2.24, 2.45) is 5.73 Å². The highest BCUT2D eigenvalue weighted by Crippen LogP contribution is 2.00.